The average Bonchev–Trinajstić information content (AvgIpc) is 3.20. The molecule has 0 unspecified atom stereocenters. The quantitative estimate of drug-likeness (QED) is 0.108. The first-order valence-electron chi connectivity index (χ1n) is 19.0. The number of aliphatic hydroxyl groups is 1. The number of rotatable bonds is 16. The van der Waals surface area contributed by atoms with Gasteiger partial charge in [-0.15, -0.1) is 0 Å². The second kappa shape index (κ2) is 19.0. The van der Waals surface area contributed by atoms with E-state index in [1.807, 2.05) is 36.4 Å². The number of aliphatic hydroxyl groups excluding tert-OH is 1. The zero-order valence-corrected chi connectivity index (χ0v) is 31.6. The summed E-state index contributed by atoms with van der Waals surface area (Å²) < 4.78 is 24.5. The third-order valence-corrected chi connectivity index (χ3v) is 10.3. The number of methoxy groups -OCH3 is 2. The highest BCUT2D eigenvalue weighted by molar-refractivity contribution is 5.76. The normalized spacial score (nSPS) is 18.4. The number of carbonyl (C=O) groups is 2. The molecule has 4 aromatic rings. The maximum Gasteiger partial charge on any atom is 0.220 e. The van der Waals surface area contributed by atoms with E-state index >= 15 is 0 Å². The molecule has 2 heterocycles. The third-order valence-electron chi connectivity index (χ3n) is 10.3. The average molecular weight is 736 g/mol. The van der Waals surface area contributed by atoms with Crippen molar-refractivity contribution in [3.05, 3.63) is 118 Å². The van der Waals surface area contributed by atoms with E-state index < -0.39 is 6.29 Å². The van der Waals surface area contributed by atoms with Crippen LogP contribution in [0.2, 0.25) is 0 Å². The second-order valence-corrected chi connectivity index (χ2v) is 14.2. The maximum absolute atomic E-state index is 12.4. The van der Waals surface area contributed by atoms with Gasteiger partial charge in [-0.25, -0.2) is 0 Å². The molecule has 54 heavy (non-hydrogen) atoms. The Morgan fingerprint density at radius 2 is 1.56 bits per heavy atom. The standard InChI is InChI=1S/C44H53N3O7/c1-30(49)45-20-6-4-5-10-43(50)46-26-32-8-7-9-36(22-32)33-15-17-35(18-16-33)44-53-39(25-40(54-44)34-13-11-31(29-48)12-14-34)28-47-21-19-37-23-41(51-2)42(52-3)24-38(37)27-47/h7-9,11-18,22-24,39-40,44,48H,4-6,10,19-21,25-29H2,1-3H3,(H,45,49)(H,46,50)/t39-,40+,44+/m0/s1. The molecule has 2 amide bonds. The van der Waals surface area contributed by atoms with Crippen LogP contribution in [-0.4, -0.2) is 61.8 Å². The van der Waals surface area contributed by atoms with Gasteiger partial charge >= 0.3 is 0 Å². The minimum absolute atomic E-state index is 0.000185. The molecule has 1 fully saturated rings. The number of hydrogen-bond donors (Lipinski definition) is 3. The second-order valence-electron chi connectivity index (χ2n) is 14.2. The molecule has 2 aliphatic rings. The summed E-state index contributed by atoms with van der Waals surface area (Å²) in [5.74, 6) is 1.51. The van der Waals surface area contributed by atoms with Crippen molar-refractivity contribution in [2.75, 3.05) is 33.9 Å². The van der Waals surface area contributed by atoms with Crippen LogP contribution in [0.5, 0.6) is 11.5 Å². The van der Waals surface area contributed by atoms with E-state index in [1.54, 1.807) is 14.2 Å². The number of hydrogen-bond acceptors (Lipinski definition) is 8. The van der Waals surface area contributed by atoms with Crippen LogP contribution >= 0.6 is 0 Å². The predicted molar refractivity (Wildman–Crippen MR) is 208 cm³/mol. The predicted octanol–water partition coefficient (Wildman–Crippen LogP) is 6.78. The Morgan fingerprint density at radius 3 is 2.28 bits per heavy atom. The fourth-order valence-electron chi connectivity index (χ4n) is 7.25. The number of nitrogens with one attached hydrogen (secondary N) is 2. The summed E-state index contributed by atoms with van der Waals surface area (Å²) in [6.07, 6.45) is 3.88. The Labute approximate surface area is 318 Å². The molecule has 0 aliphatic carbocycles. The Morgan fingerprint density at radius 1 is 0.815 bits per heavy atom. The van der Waals surface area contributed by atoms with E-state index in [1.165, 1.54) is 18.1 Å². The fourth-order valence-corrected chi connectivity index (χ4v) is 7.25. The molecule has 6 rings (SSSR count). The summed E-state index contributed by atoms with van der Waals surface area (Å²) in [5, 5.41) is 15.4. The van der Waals surface area contributed by atoms with E-state index in [4.69, 9.17) is 18.9 Å². The van der Waals surface area contributed by atoms with Crippen molar-refractivity contribution in [2.45, 2.75) is 83.6 Å². The van der Waals surface area contributed by atoms with Gasteiger partial charge in [0.05, 0.1) is 33.0 Å². The van der Waals surface area contributed by atoms with Gasteiger partial charge in [-0.3, -0.25) is 14.5 Å². The molecule has 0 bridgehead atoms. The first-order valence-corrected chi connectivity index (χ1v) is 19.0. The van der Waals surface area contributed by atoms with Gasteiger partial charge in [-0.05, 0) is 76.4 Å². The van der Waals surface area contributed by atoms with Crippen LogP contribution < -0.4 is 20.1 Å². The molecule has 3 atom stereocenters. The molecule has 0 aromatic heterocycles. The first-order chi connectivity index (χ1) is 26.3. The van der Waals surface area contributed by atoms with Crippen molar-refractivity contribution in [3.8, 4) is 22.6 Å². The van der Waals surface area contributed by atoms with Crippen LogP contribution in [0.3, 0.4) is 0 Å². The molecular formula is C44H53N3O7. The largest absolute Gasteiger partial charge is 0.493 e. The first kappa shape index (κ1) is 39.0. The van der Waals surface area contributed by atoms with Gasteiger partial charge < -0.3 is 34.7 Å². The number of ether oxygens (including phenoxy) is 4. The van der Waals surface area contributed by atoms with Crippen molar-refractivity contribution in [2.24, 2.45) is 0 Å². The van der Waals surface area contributed by atoms with Gasteiger partial charge in [-0.1, -0.05) is 73.2 Å². The Kier molecular flexibility index (Phi) is 13.7. The molecule has 286 valence electrons. The highest BCUT2D eigenvalue weighted by Gasteiger charge is 2.34. The van der Waals surface area contributed by atoms with Crippen LogP contribution in [-0.2, 0) is 45.2 Å². The lowest BCUT2D eigenvalue weighted by molar-refractivity contribution is -0.253. The molecule has 0 radical (unpaired) electrons. The zero-order valence-electron chi connectivity index (χ0n) is 31.6. The van der Waals surface area contributed by atoms with Crippen molar-refractivity contribution in [3.63, 3.8) is 0 Å². The van der Waals surface area contributed by atoms with Crippen LogP contribution in [0.15, 0.2) is 84.9 Å². The minimum atomic E-state index is -0.548. The molecule has 3 N–H and O–H groups in total. The van der Waals surface area contributed by atoms with Crippen LogP contribution in [0.1, 0.15) is 84.8 Å². The number of unbranched alkanes of at least 4 members (excludes halogenated alkanes) is 2. The third kappa shape index (κ3) is 10.5. The van der Waals surface area contributed by atoms with Gasteiger partial charge in [0.2, 0.25) is 11.8 Å². The van der Waals surface area contributed by atoms with Gasteiger partial charge in [0, 0.05) is 58.1 Å². The lowest BCUT2D eigenvalue weighted by Gasteiger charge is -2.39. The Hall–Kier alpha value is -4.74. The van der Waals surface area contributed by atoms with E-state index in [0.717, 1.165) is 90.2 Å². The van der Waals surface area contributed by atoms with E-state index in [-0.39, 0.29) is 30.6 Å². The van der Waals surface area contributed by atoms with Crippen LogP contribution in [0, 0.1) is 0 Å². The summed E-state index contributed by atoms with van der Waals surface area (Å²) in [6.45, 7) is 5.11. The van der Waals surface area contributed by atoms with E-state index in [0.29, 0.717) is 25.9 Å². The number of benzene rings is 4. The smallest absolute Gasteiger partial charge is 0.220 e. The summed E-state index contributed by atoms with van der Waals surface area (Å²) in [7, 11) is 3.34. The van der Waals surface area contributed by atoms with E-state index in [2.05, 4.69) is 64.1 Å². The zero-order chi connectivity index (χ0) is 37.9. The molecule has 0 spiro atoms. The maximum atomic E-state index is 12.4. The molecule has 2 aliphatic heterocycles. The van der Waals surface area contributed by atoms with Crippen molar-refractivity contribution < 1.29 is 33.6 Å². The summed E-state index contributed by atoms with van der Waals surface area (Å²) in [4.78, 5) is 25.9. The Balaban J connectivity index is 1.10. The van der Waals surface area contributed by atoms with Gasteiger partial charge in [0.25, 0.3) is 0 Å². The number of fused-ring (bicyclic) bond motifs is 1. The molecule has 10 nitrogen and oxygen atoms in total. The summed E-state index contributed by atoms with van der Waals surface area (Å²) in [5.41, 5.74) is 8.57. The summed E-state index contributed by atoms with van der Waals surface area (Å²) in [6, 6.07) is 28.8. The molecule has 10 heteroatoms. The monoisotopic (exact) mass is 735 g/mol. The molecule has 0 saturated carbocycles. The van der Waals surface area contributed by atoms with Crippen LogP contribution in [0.4, 0.5) is 0 Å². The minimum Gasteiger partial charge on any atom is -0.493 e. The molecular weight excluding hydrogens is 682 g/mol. The number of carbonyl (C=O) groups excluding carboxylic acids is 2. The van der Waals surface area contributed by atoms with Crippen molar-refractivity contribution in [1.82, 2.24) is 15.5 Å². The van der Waals surface area contributed by atoms with Crippen LogP contribution in [0.25, 0.3) is 11.1 Å². The lowest BCUT2D eigenvalue weighted by Crippen LogP contribution is -2.41. The molecule has 1 saturated heterocycles. The SMILES string of the molecule is COc1cc2c(cc1OC)CN(C[C@@H]1C[C@H](c3ccc(CO)cc3)O[C@H](c3ccc(-c4cccc(CNC(=O)CCCCCNC(C)=O)c4)cc3)O1)CC2. The Bertz CT molecular complexity index is 1850. The van der Waals surface area contributed by atoms with Gasteiger partial charge in [-0.2, -0.15) is 0 Å². The van der Waals surface area contributed by atoms with Crippen molar-refractivity contribution in [1.29, 1.82) is 0 Å². The summed E-state index contributed by atoms with van der Waals surface area (Å²) >= 11 is 0. The van der Waals surface area contributed by atoms with Gasteiger partial charge in [0.1, 0.15) is 0 Å². The highest BCUT2D eigenvalue weighted by Crippen LogP contribution is 2.40. The van der Waals surface area contributed by atoms with E-state index in [9.17, 15) is 14.7 Å². The lowest BCUT2D eigenvalue weighted by atomic mass is 9.96. The van der Waals surface area contributed by atoms with Crippen molar-refractivity contribution >= 4 is 11.8 Å². The van der Waals surface area contributed by atoms with Gasteiger partial charge in [0.15, 0.2) is 17.8 Å². The molecule has 4 aromatic carbocycles. The topological polar surface area (TPSA) is 119 Å². The fraction of sp³-hybridized carbons (Fsp3) is 0.409. The number of amides is 2. The number of nitrogens with zero attached hydrogens (tertiary/aromatic N) is 1. The highest BCUT2D eigenvalue weighted by atomic mass is 16.7.